The van der Waals surface area contributed by atoms with Crippen LogP contribution in [0.5, 0.6) is 0 Å². The first-order chi connectivity index (χ1) is 23.1. The molecule has 1 saturated heterocycles. The standard InChI is InChI=1S/C38H52O11/c1-10-12-13-14-15-16-17-18-32(43)48-34-33(45-26(6)40)24(4)37(9,20-19-23(3)11-2)31-22-29(44-25(5)39)21-30-35(46-27(7)41)49-36(38(30,31)34)47-28(8)42/h11,15-18,21,24,29,31,33-36H,2-3,10,12-14,19-20,22H2,1,4-9H3/b16-15+,18-17+/t24-,29-,31-,33-,34+,35+,36+,37-,38-/m1/s1. The van der Waals surface area contributed by atoms with Crippen molar-refractivity contribution in [2.24, 2.45) is 22.7 Å². The van der Waals surface area contributed by atoms with Crippen LogP contribution in [-0.4, -0.2) is 60.7 Å². The predicted octanol–water partition coefficient (Wildman–Crippen LogP) is 6.37. The molecule has 0 radical (unpaired) electrons. The third kappa shape index (κ3) is 8.98. The van der Waals surface area contributed by atoms with E-state index in [0.717, 1.165) is 31.3 Å². The van der Waals surface area contributed by atoms with E-state index in [1.807, 2.05) is 19.9 Å². The Labute approximate surface area is 289 Å². The molecule has 11 nitrogen and oxygen atoms in total. The molecule has 0 amide bonds. The SMILES string of the molecule is C=CC(=C)CC[C@]1(C)[C@H](C)[C@@H](OC(C)=O)[C@H](OC(=O)/C=C/C=C/CCCCC)[C@@]23C(=C[C@@H](OC(C)=O)C[C@H]12)[C@@H](OC(C)=O)O[C@@H]3OC(C)=O. The third-order valence-corrected chi connectivity index (χ3v) is 10.0. The highest BCUT2D eigenvalue weighted by atomic mass is 16.8. The van der Waals surface area contributed by atoms with Gasteiger partial charge in [0.25, 0.3) is 0 Å². The highest BCUT2D eigenvalue weighted by Gasteiger charge is 2.75. The molecule has 270 valence electrons. The number of esters is 5. The molecule has 0 aromatic heterocycles. The molecule has 3 rings (SSSR count). The fraction of sp³-hybridized carbons (Fsp3) is 0.605. The molecule has 1 spiro atoms. The summed E-state index contributed by atoms with van der Waals surface area (Å²) in [6.07, 6.45) is 9.13. The van der Waals surface area contributed by atoms with Crippen LogP contribution in [0.25, 0.3) is 0 Å². The smallest absolute Gasteiger partial charge is 0.331 e. The van der Waals surface area contributed by atoms with Gasteiger partial charge in [0.2, 0.25) is 12.6 Å². The molecular weight excluding hydrogens is 632 g/mol. The van der Waals surface area contributed by atoms with Gasteiger partial charge in [-0.05, 0) is 49.5 Å². The van der Waals surface area contributed by atoms with Crippen molar-refractivity contribution in [3.63, 3.8) is 0 Å². The molecule has 2 fully saturated rings. The first kappa shape index (κ1) is 39.4. The molecule has 11 heteroatoms. The molecular formula is C38H52O11. The number of unbranched alkanes of at least 4 members (excludes halogenated alkanes) is 3. The lowest BCUT2D eigenvalue weighted by atomic mass is 9.44. The summed E-state index contributed by atoms with van der Waals surface area (Å²) in [5.74, 6) is -4.35. The van der Waals surface area contributed by atoms with Crippen LogP contribution >= 0.6 is 0 Å². The summed E-state index contributed by atoms with van der Waals surface area (Å²) in [5.41, 5.74) is -1.27. The highest BCUT2D eigenvalue weighted by Crippen LogP contribution is 2.68. The molecule has 2 aliphatic carbocycles. The molecule has 0 N–H and O–H groups in total. The molecule has 1 heterocycles. The lowest BCUT2D eigenvalue weighted by Gasteiger charge is -2.62. The fourth-order valence-corrected chi connectivity index (χ4v) is 7.71. The second-order valence-electron chi connectivity index (χ2n) is 13.4. The van der Waals surface area contributed by atoms with Crippen LogP contribution in [0.1, 0.15) is 93.4 Å². The third-order valence-electron chi connectivity index (χ3n) is 10.0. The van der Waals surface area contributed by atoms with Gasteiger partial charge < -0.3 is 23.7 Å². The molecule has 9 atom stereocenters. The summed E-state index contributed by atoms with van der Waals surface area (Å²) in [4.78, 5) is 63.8. The quantitative estimate of drug-likeness (QED) is 0.0474. The van der Waals surface area contributed by atoms with Crippen molar-refractivity contribution >= 4 is 29.8 Å². The van der Waals surface area contributed by atoms with Crippen LogP contribution in [0.15, 0.2) is 60.8 Å². The van der Waals surface area contributed by atoms with Gasteiger partial charge in [-0.1, -0.05) is 76.6 Å². The molecule has 0 aromatic carbocycles. The van der Waals surface area contributed by atoms with Crippen molar-refractivity contribution < 1.29 is 52.4 Å². The average molecular weight is 685 g/mol. The van der Waals surface area contributed by atoms with Crippen molar-refractivity contribution in [1.29, 1.82) is 0 Å². The Morgan fingerprint density at radius 3 is 2.18 bits per heavy atom. The maximum atomic E-state index is 13.6. The number of carbonyl (C=O) groups is 5. The van der Waals surface area contributed by atoms with E-state index in [4.69, 9.17) is 28.4 Å². The molecule has 1 saturated carbocycles. The van der Waals surface area contributed by atoms with Crippen LogP contribution in [0.3, 0.4) is 0 Å². The largest absolute Gasteiger partial charge is 0.458 e. The zero-order chi connectivity index (χ0) is 36.5. The number of rotatable bonds is 15. The number of carbonyl (C=O) groups excluding carboxylic acids is 5. The Hall–Kier alpha value is -3.99. The Balaban J connectivity index is 2.31. The summed E-state index contributed by atoms with van der Waals surface area (Å²) < 4.78 is 35.8. The van der Waals surface area contributed by atoms with Crippen LogP contribution < -0.4 is 0 Å². The van der Waals surface area contributed by atoms with Gasteiger partial charge in [0.1, 0.15) is 17.6 Å². The van der Waals surface area contributed by atoms with Gasteiger partial charge in [-0.25, -0.2) is 4.79 Å². The first-order valence-electron chi connectivity index (χ1n) is 17.0. The van der Waals surface area contributed by atoms with E-state index in [2.05, 4.69) is 20.1 Å². The molecule has 1 aliphatic heterocycles. The van der Waals surface area contributed by atoms with Gasteiger partial charge in [-0.3, -0.25) is 23.9 Å². The van der Waals surface area contributed by atoms with Gasteiger partial charge in [-0.2, -0.15) is 0 Å². The van der Waals surface area contributed by atoms with Crippen molar-refractivity contribution in [2.75, 3.05) is 0 Å². The number of hydrogen-bond acceptors (Lipinski definition) is 11. The summed E-state index contributed by atoms with van der Waals surface area (Å²) in [7, 11) is 0. The van der Waals surface area contributed by atoms with Gasteiger partial charge >= 0.3 is 29.8 Å². The van der Waals surface area contributed by atoms with Gasteiger partial charge in [0, 0.05) is 45.3 Å². The van der Waals surface area contributed by atoms with Crippen molar-refractivity contribution in [3.05, 3.63) is 60.8 Å². The van der Waals surface area contributed by atoms with Crippen LogP contribution in [0, 0.1) is 22.7 Å². The zero-order valence-corrected chi connectivity index (χ0v) is 29.9. The van der Waals surface area contributed by atoms with E-state index < -0.39 is 83.4 Å². The summed E-state index contributed by atoms with van der Waals surface area (Å²) in [5, 5.41) is 0. The maximum Gasteiger partial charge on any atom is 0.331 e. The molecule has 0 bridgehead atoms. The van der Waals surface area contributed by atoms with Crippen LogP contribution in [0.4, 0.5) is 0 Å². The Morgan fingerprint density at radius 2 is 1.59 bits per heavy atom. The van der Waals surface area contributed by atoms with E-state index in [1.165, 1.54) is 33.8 Å². The summed E-state index contributed by atoms with van der Waals surface area (Å²) in [6.45, 7) is 18.9. The molecule has 0 unspecified atom stereocenters. The number of ether oxygens (including phenoxy) is 6. The number of hydrogen-bond donors (Lipinski definition) is 0. The van der Waals surface area contributed by atoms with E-state index >= 15 is 0 Å². The van der Waals surface area contributed by atoms with Crippen molar-refractivity contribution in [3.8, 4) is 0 Å². The second-order valence-corrected chi connectivity index (χ2v) is 13.4. The van der Waals surface area contributed by atoms with E-state index in [1.54, 1.807) is 24.3 Å². The Kier molecular flexibility index (Phi) is 13.8. The number of allylic oxidation sites excluding steroid dienone is 5. The second kappa shape index (κ2) is 17.1. The molecule has 3 aliphatic rings. The molecule has 0 aromatic rings. The lowest BCUT2D eigenvalue weighted by Crippen LogP contribution is -2.69. The minimum Gasteiger partial charge on any atom is -0.458 e. The summed E-state index contributed by atoms with van der Waals surface area (Å²) >= 11 is 0. The van der Waals surface area contributed by atoms with E-state index in [-0.39, 0.29) is 12.0 Å². The maximum absolute atomic E-state index is 13.6. The fourth-order valence-electron chi connectivity index (χ4n) is 7.71. The highest BCUT2D eigenvalue weighted by molar-refractivity contribution is 5.82. The van der Waals surface area contributed by atoms with Gasteiger partial charge in [0.15, 0.2) is 6.10 Å². The first-order valence-corrected chi connectivity index (χ1v) is 17.0. The zero-order valence-electron chi connectivity index (χ0n) is 29.9. The monoisotopic (exact) mass is 684 g/mol. The van der Waals surface area contributed by atoms with E-state index in [0.29, 0.717) is 12.8 Å². The Morgan fingerprint density at radius 1 is 0.939 bits per heavy atom. The predicted molar refractivity (Wildman–Crippen MR) is 180 cm³/mol. The summed E-state index contributed by atoms with van der Waals surface area (Å²) in [6, 6.07) is 0. The van der Waals surface area contributed by atoms with Gasteiger partial charge in [-0.15, -0.1) is 0 Å². The van der Waals surface area contributed by atoms with Crippen LogP contribution in [-0.2, 0) is 52.4 Å². The normalized spacial score (nSPS) is 32.0. The van der Waals surface area contributed by atoms with Gasteiger partial charge in [0.05, 0.1) is 0 Å². The van der Waals surface area contributed by atoms with E-state index in [9.17, 15) is 24.0 Å². The van der Waals surface area contributed by atoms with Crippen molar-refractivity contribution in [2.45, 2.75) is 124 Å². The molecule has 49 heavy (non-hydrogen) atoms. The topological polar surface area (TPSA) is 141 Å². The minimum atomic E-state index is -1.54. The lowest BCUT2D eigenvalue weighted by molar-refractivity contribution is -0.279. The average Bonchev–Trinajstić information content (AvgIpc) is 3.30. The van der Waals surface area contributed by atoms with Crippen molar-refractivity contribution in [1.82, 2.24) is 0 Å². The van der Waals surface area contributed by atoms with Crippen LogP contribution in [0.2, 0.25) is 0 Å². The minimum absolute atomic E-state index is 0.204. The Bertz CT molecular complexity index is 1380.